The van der Waals surface area contributed by atoms with E-state index >= 15 is 0 Å². The number of benzene rings is 3. The van der Waals surface area contributed by atoms with Crippen molar-refractivity contribution in [1.29, 1.82) is 0 Å². The molecule has 6 rings (SSSR count). The lowest BCUT2D eigenvalue weighted by Crippen LogP contribution is -2.65. The van der Waals surface area contributed by atoms with Gasteiger partial charge in [-0.2, -0.15) is 0 Å². The van der Waals surface area contributed by atoms with E-state index in [4.69, 9.17) is 10.5 Å². The average Bonchev–Trinajstić information content (AvgIpc) is 3.64. The Morgan fingerprint density at radius 3 is 2.55 bits per heavy atom. The first-order chi connectivity index (χ1) is 23.3. The van der Waals surface area contributed by atoms with Gasteiger partial charge in [0.25, 0.3) is 0 Å². The van der Waals surface area contributed by atoms with Gasteiger partial charge in [-0.1, -0.05) is 86.0 Å². The van der Waals surface area contributed by atoms with Crippen LogP contribution < -0.4 is 21.1 Å². The number of amides is 3. The van der Waals surface area contributed by atoms with Gasteiger partial charge in [-0.05, 0) is 53.3 Å². The smallest absolute Gasteiger partial charge is 0.410 e. The Balaban J connectivity index is 1.25. The van der Waals surface area contributed by atoms with Gasteiger partial charge in [-0.25, -0.2) is 4.79 Å². The number of thiophene rings is 1. The number of hydrogen-bond donors (Lipinski definition) is 3. The van der Waals surface area contributed by atoms with E-state index < -0.39 is 24.2 Å². The van der Waals surface area contributed by atoms with Crippen molar-refractivity contribution in [3.05, 3.63) is 100 Å². The SMILES string of the molecule is [2H]C1(N[C@@H](Cc2cccc(CN)c2)C(=O)N2CCN(C(=O)Oc3cccc4ccccc34)C[C@H]2C(=O)NCc2cccs2)CCCCC1. The van der Waals surface area contributed by atoms with Crippen LogP contribution in [0.3, 0.4) is 0 Å². The predicted octanol–water partition coefficient (Wildman–Crippen LogP) is 5.22. The fourth-order valence-electron chi connectivity index (χ4n) is 6.47. The zero-order valence-electron chi connectivity index (χ0n) is 27.5. The van der Waals surface area contributed by atoms with Crippen LogP contribution in [0.25, 0.3) is 10.8 Å². The highest BCUT2D eigenvalue weighted by molar-refractivity contribution is 7.09. The molecule has 2 fully saturated rings. The standard InChI is InChI=1S/C37H43N5O4S/c38-23-27-10-6-9-26(21-27)22-32(40-29-13-2-1-3-14-29)36(44)42-19-18-41(25-33(42)35(43)39-24-30-15-8-20-47-30)37(45)46-34-17-7-12-28-11-4-5-16-31(28)34/h4-12,15-17,20-21,29,32-33,40H,1-3,13-14,18-19,22-25,38H2,(H,39,43)/t32-,33-/m0/s1/i29D. The van der Waals surface area contributed by atoms with E-state index in [1.807, 2.05) is 78.2 Å². The number of piperazine rings is 1. The number of hydrogen-bond acceptors (Lipinski definition) is 7. The third-order valence-corrected chi connectivity index (χ3v) is 9.87. The molecule has 4 N–H and O–H groups in total. The number of carbonyl (C=O) groups is 3. The molecule has 2 heterocycles. The summed E-state index contributed by atoms with van der Waals surface area (Å²) in [5.41, 5.74) is 7.81. The van der Waals surface area contributed by atoms with E-state index in [0.717, 1.165) is 46.0 Å². The van der Waals surface area contributed by atoms with E-state index in [2.05, 4.69) is 10.6 Å². The highest BCUT2D eigenvalue weighted by Gasteiger charge is 2.40. The number of carbonyl (C=O) groups excluding carboxylic acids is 3. The zero-order chi connectivity index (χ0) is 33.5. The second kappa shape index (κ2) is 15.6. The molecular weight excluding hydrogens is 611 g/mol. The van der Waals surface area contributed by atoms with Gasteiger partial charge in [0, 0.05) is 37.3 Å². The number of rotatable bonds is 10. The van der Waals surface area contributed by atoms with Crippen LogP contribution in [0.15, 0.2) is 84.2 Å². The molecule has 1 saturated carbocycles. The maximum Gasteiger partial charge on any atom is 0.415 e. The zero-order valence-corrected chi connectivity index (χ0v) is 27.3. The number of nitrogens with one attached hydrogen (secondary N) is 2. The van der Waals surface area contributed by atoms with Gasteiger partial charge < -0.3 is 30.9 Å². The van der Waals surface area contributed by atoms with Gasteiger partial charge >= 0.3 is 6.09 Å². The van der Waals surface area contributed by atoms with Crippen LogP contribution in [0.4, 0.5) is 4.79 Å². The molecule has 2 aliphatic rings. The lowest BCUT2D eigenvalue weighted by molar-refractivity contribution is -0.145. The van der Waals surface area contributed by atoms with Crippen molar-refractivity contribution in [2.24, 2.45) is 5.73 Å². The molecular formula is C37H43N5O4S. The van der Waals surface area contributed by atoms with Gasteiger partial charge in [0.15, 0.2) is 0 Å². The topological polar surface area (TPSA) is 117 Å². The van der Waals surface area contributed by atoms with E-state index in [9.17, 15) is 15.8 Å². The molecule has 0 bridgehead atoms. The second-order valence-electron chi connectivity index (χ2n) is 12.2. The maximum atomic E-state index is 14.6. The molecule has 4 aromatic rings. The van der Waals surface area contributed by atoms with Crippen molar-refractivity contribution in [2.45, 2.75) is 69.7 Å². The first-order valence-corrected chi connectivity index (χ1v) is 17.3. The van der Waals surface area contributed by atoms with Crippen LogP contribution in [0, 0.1) is 0 Å². The van der Waals surface area contributed by atoms with E-state index in [0.29, 0.717) is 38.1 Å². The molecule has 1 aromatic heterocycles. The van der Waals surface area contributed by atoms with Crippen LogP contribution in [0.5, 0.6) is 5.75 Å². The van der Waals surface area contributed by atoms with Crippen molar-refractivity contribution in [3.63, 3.8) is 0 Å². The second-order valence-corrected chi connectivity index (χ2v) is 13.3. The minimum absolute atomic E-state index is 0.0208. The molecule has 10 heteroatoms. The van der Waals surface area contributed by atoms with Gasteiger partial charge in [0.1, 0.15) is 11.8 Å². The fourth-order valence-corrected chi connectivity index (χ4v) is 7.12. The Kier molecular flexibility index (Phi) is 10.4. The summed E-state index contributed by atoms with van der Waals surface area (Å²) in [7, 11) is 0. The molecule has 1 aliphatic heterocycles. The van der Waals surface area contributed by atoms with Gasteiger partial charge in [0.2, 0.25) is 11.8 Å². The van der Waals surface area contributed by atoms with Gasteiger partial charge in [-0.15, -0.1) is 11.3 Å². The minimum Gasteiger partial charge on any atom is -0.410 e. The summed E-state index contributed by atoms with van der Waals surface area (Å²) in [5.74, 6) is -0.169. The van der Waals surface area contributed by atoms with Crippen LogP contribution in [0.2, 0.25) is 0 Å². The predicted molar refractivity (Wildman–Crippen MR) is 185 cm³/mol. The Hall–Kier alpha value is -4.25. The highest BCUT2D eigenvalue weighted by Crippen LogP contribution is 2.27. The van der Waals surface area contributed by atoms with E-state index in [1.54, 1.807) is 11.0 Å². The summed E-state index contributed by atoms with van der Waals surface area (Å²) in [5, 5.41) is 10.1. The number of nitrogens with zero attached hydrogens (tertiary/aromatic N) is 2. The monoisotopic (exact) mass is 654 g/mol. The van der Waals surface area contributed by atoms with Crippen LogP contribution in [0.1, 0.15) is 49.5 Å². The molecule has 0 unspecified atom stereocenters. The van der Waals surface area contributed by atoms with Gasteiger partial charge in [-0.3, -0.25) is 9.59 Å². The quantitative estimate of drug-likeness (QED) is 0.216. The van der Waals surface area contributed by atoms with E-state index in [-0.39, 0.29) is 31.4 Å². The third-order valence-electron chi connectivity index (χ3n) is 8.99. The third kappa shape index (κ3) is 8.19. The normalized spacial score (nSPS) is 18.7. The molecule has 3 aromatic carbocycles. The number of nitrogens with two attached hydrogens (primary N) is 1. The van der Waals surface area contributed by atoms with Crippen LogP contribution >= 0.6 is 11.3 Å². The molecule has 47 heavy (non-hydrogen) atoms. The Morgan fingerprint density at radius 2 is 1.74 bits per heavy atom. The molecule has 2 atom stereocenters. The molecule has 3 amide bonds. The molecule has 0 spiro atoms. The lowest BCUT2D eigenvalue weighted by atomic mass is 9.93. The first-order valence-electron chi connectivity index (χ1n) is 16.9. The van der Waals surface area contributed by atoms with Crippen molar-refractivity contribution in [2.75, 3.05) is 19.6 Å². The maximum absolute atomic E-state index is 14.6. The molecule has 1 aliphatic carbocycles. The summed E-state index contributed by atoms with van der Waals surface area (Å²) >= 11 is 1.53. The highest BCUT2D eigenvalue weighted by atomic mass is 32.1. The molecule has 1 saturated heterocycles. The largest absolute Gasteiger partial charge is 0.415 e. The summed E-state index contributed by atoms with van der Waals surface area (Å²) in [6, 6.07) is 22.3. The van der Waals surface area contributed by atoms with Crippen molar-refractivity contribution in [1.82, 2.24) is 20.4 Å². The summed E-state index contributed by atoms with van der Waals surface area (Å²) in [6.07, 6.45) is 3.99. The van der Waals surface area contributed by atoms with Gasteiger partial charge in [0.05, 0.1) is 19.1 Å². The number of ether oxygens (including phenoxy) is 1. The van der Waals surface area contributed by atoms with E-state index in [1.165, 1.54) is 16.2 Å². The Labute approximate surface area is 281 Å². The number of fused-ring (bicyclic) bond motifs is 1. The molecule has 0 radical (unpaired) electrons. The van der Waals surface area contributed by atoms with Crippen molar-refractivity contribution in [3.8, 4) is 5.75 Å². The van der Waals surface area contributed by atoms with Crippen molar-refractivity contribution < 1.29 is 20.5 Å². The first kappa shape index (κ1) is 31.4. The lowest BCUT2D eigenvalue weighted by Gasteiger charge is -2.42. The molecule has 246 valence electrons. The fraction of sp³-hybridized carbons (Fsp3) is 0.378. The molecule has 9 nitrogen and oxygen atoms in total. The summed E-state index contributed by atoms with van der Waals surface area (Å²) in [4.78, 5) is 46.1. The minimum atomic E-state index is -0.945. The average molecular weight is 655 g/mol. The Bertz CT molecular complexity index is 1720. The van der Waals surface area contributed by atoms with Crippen LogP contribution in [-0.4, -0.2) is 65.4 Å². The van der Waals surface area contributed by atoms with Crippen molar-refractivity contribution >= 4 is 40.0 Å². The van der Waals surface area contributed by atoms with Crippen LogP contribution in [-0.2, 0) is 29.1 Å². The Morgan fingerprint density at radius 1 is 0.957 bits per heavy atom. The summed E-state index contributed by atoms with van der Waals surface area (Å²) in [6.45, 7) is 1.02. The summed E-state index contributed by atoms with van der Waals surface area (Å²) < 4.78 is 15.1.